The number of rotatable bonds is 3. The van der Waals surface area contributed by atoms with Crippen LogP contribution in [0.5, 0.6) is 0 Å². The highest BCUT2D eigenvalue weighted by atomic mass is 28.4. The summed E-state index contributed by atoms with van der Waals surface area (Å²) in [5, 5.41) is 0.0856. The summed E-state index contributed by atoms with van der Waals surface area (Å²) >= 11 is 0. The summed E-state index contributed by atoms with van der Waals surface area (Å²) in [5.41, 5.74) is -1.19. The molecule has 3 rings (SSSR count). The van der Waals surface area contributed by atoms with E-state index in [1.807, 2.05) is 0 Å². The smallest absolute Gasteiger partial charge is 0.339 e. The number of ether oxygens (including phenoxy) is 2. The van der Waals surface area contributed by atoms with Crippen molar-refractivity contribution in [3.8, 4) is 0 Å². The Labute approximate surface area is 153 Å². The van der Waals surface area contributed by atoms with E-state index in [1.54, 1.807) is 0 Å². The SMILES string of the molecule is COC(=O)[C@@]12O[C@@](O[Si](C)(C)C(C)(C)C)(C[C@H]1C)[C@@H]1C=CCC[C@@]12C. The number of hydrogen-bond acceptors (Lipinski definition) is 4. The highest BCUT2D eigenvalue weighted by Crippen LogP contribution is 2.70. The Morgan fingerprint density at radius 1 is 1.32 bits per heavy atom. The van der Waals surface area contributed by atoms with E-state index in [0.29, 0.717) is 0 Å². The second-order valence-corrected chi connectivity index (χ2v) is 14.7. The van der Waals surface area contributed by atoms with Gasteiger partial charge in [0.2, 0.25) is 0 Å². The van der Waals surface area contributed by atoms with Crippen molar-refractivity contribution in [2.45, 2.75) is 83.4 Å². The molecule has 0 aromatic rings. The molecule has 2 heterocycles. The Balaban J connectivity index is 2.11. The molecule has 4 nitrogen and oxygen atoms in total. The zero-order valence-electron chi connectivity index (χ0n) is 17.1. The molecule has 2 fully saturated rings. The molecule has 0 radical (unpaired) electrons. The van der Waals surface area contributed by atoms with Crippen molar-refractivity contribution in [1.29, 1.82) is 0 Å². The number of hydrogen-bond donors (Lipinski definition) is 0. The van der Waals surface area contributed by atoms with Crippen LogP contribution in [-0.4, -0.2) is 32.8 Å². The van der Waals surface area contributed by atoms with Crippen molar-refractivity contribution in [2.75, 3.05) is 7.11 Å². The van der Waals surface area contributed by atoms with Crippen molar-refractivity contribution in [3.05, 3.63) is 12.2 Å². The molecule has 0 amide bonds. The second-order valence-electron chi connectivity index (χ2n) is 9.97. The maximum Gasteiger partial charge on any atom is 0.339 e. The highest BCUT2D eigenvalue weighted by molar-refractivity contribution is 6.74. The van der Waals surface area contributed by atoms with E-state index >= 15 is 0 Å². The lowest BCUT2D eigenvalue weighted by Crippen LogP contribution is -2.59. The van der Waals surface area contributed by atoms with Crippen molar-refractivity contribution < 1.29 is 18.7 Å². The molecule has 2 aliphatic heterocycles. The second kappa shape index (κ2) is 5.43. The predicted octanol–water partition coefficient (Wildman–Crippen LogP) is 4.66. The largest absolute Gasteiger partial charge is 0.467 e. The van der Waals surface area contributed by atoms with Crippen LogP contribution in [0.1, 0.15) is 53.9 Å². The van der Waals surface area contributed by atoms with Crippen molar-refractivity contribution >= 4 is 14.3 Å². The first-order valence-corrected chi connectivity index (χ1v) is 12.4. The average molecular weight is 367 g/mol. The molecule has 142 valence electrons. The van der Waals surface area contributed by atoms with Crippen LogP contribution in [0, 0.1) is 17.3 Å². The lowest BCUT2D eigenvalue weighted by molar-refractivity contribution is -0.203. The van der Waals surface area contributed by atoms with Crippen LogP contribution in [0.3, 0.4) is 0 Å². The van der Waals surface area contributed by atoms with Gasteiger partial charge in [0.25, 0.3) is 0 Å². The average Bonchev–Trinajstić information content (AvgIpc) is 2.90. The fourth-order valence-corrected chi connectivity index (χ4v) is 6.65. The van der Waals surface area contributed by atoms with Gasteiger partial charge >= 0.3 is 5.97 Å². The molecule has 0 aromatic carbocycles. The summed E-state index contributed by atoms with van der Waals surface area (Å²) in [4.78, 5) is 13.0. The molecule has 3 aliphatic rings. The molecule has 25 heavy (non-hydrogen) atoms. The Kier molecular flexibility index (Phi) is 4.15. The third kappa shape index (κ3) is 2.28. The normalized spacial score (nSPS) is 43.2. The van der Waals surface area contributed by atoms with Gasteiger partial charge in [-0.3, -0.25) is 0 Å². The maximum atomic E-state index is 13.0. The van der Waals surface area contributed by atoms with Gasteiger partial charge in [0.15, 0.2) is 19.7 Å². The number of carbonyl (C=O) groups excluding carboxylic acids is 1. The fourth-order valence-electron chi connectivity index (χ4n) is 5.23. The molecule has 2 bridgehead atoms. The number of fused-ring (bicyclic) bond motifs is 5. The Morgan fingerprint density at radius 2 is 1.96 bits per heavy atom. The molecule has 5 atom stereocenters. The number of carbonyl (C=O) groups is 1. The molecular weight excluding hydrogens is 332 g/mol. The predicted molar refractivity (Wildman–Crippen MR) is 101 cm³/mol. The number of esters is 1. The summed E-state index contributed by atoms with van der Waals surface area (Å²) in [5.74, 6) is -0.765. The van der Waals surface area contributed by atoms with E-state index in [2.05, 4.69) is 59.9 Å². The third-order valence-electron chi connectivity index (χ3n) is 7.51. The van der Waals surface area contributed by atoms with Gasteiger partial charge in [-0.15, -0.1) is 0 Å². The van der Waals surface area contributed by atoms with Gasteiger partial charge in [-0.2, -0.15) is 0 Å². The minimum atomic E-state index is -2.06. The van der Waals surface area contributed by atoms with Crippen LogP contribution in [0.2, 0.25) is 18.1 Å². The van der Waals surface area contributed by atoms with Gasteiger partial charge in [0, 0.05) is 23.7 Å². The topological polar surface area (TPSA) is 44.8 Å². The van der Waals surface area contributed by atoms with E-state index in [0.717, 1.165) is 19.3 Å². The van der Waals surface area contributed by atoms with Gasteiger partial charge in [0.05, 0.1) is 7.11 Å². The zero-order chi connectivity index (χ0) is 18.9. The Hall–Kier alpha value is -0.653. The van der Waals surface area contributed by atoms with Crippen LogP contribution < -0.4 is 0 Å². The van der Waals surface area contributed by atoms with E-state index in [9.17, 15) is 4.79 Å². The van der Waals surface area contributed by atoms with Crippen molar-refractivity contribution in [3.63, 3.8) is 0 Å². The van der Waals surface area contributed by atoms with Gasteiger partial charge < -0.3 is 13.9 Å². The summed E-state index contributed by atoms with van der Waals surface area (Å²) in [7, 11) is -0.595. The van der Waals surface area contributed by atoms with E-state index < -0.39 is 19.7 Å². The van der Waals surface area contributed by atoms with Crippen molar-refractivity contribution in [2.24, 2.45) is 17.3 Å². The van der Waals surface area contributed by atoms with Gasteiger partial charge in [-0.05, 0) is 31.0 Å². The van der Waals surface area contributed by atoms with Gasteiger partial charge in [-0.1, -0.05) is 46.8 Å². The maximum absolute atomic E-state index is 13.0. The quantitative estimate of drug-likeness (QED) is 0.414. The molecule has 1 aliphatic carbocycles. The van der Waals surface area contributed by atoms with Gasteiger partial charge in [-0.25, -0.2) is 4.79 Å². The van der Waals surface area contributed by atoms with E-state index in [-0.39, 0.29) is 28.3 Å². The minimum absolute atomic E-state index is 0.0810. The molecular formula is C20H34O4Si. The highest BCUT2D eigenvalue weighted by Gasteiger charge is 2.80. The molecule has 0 aromatic heterocycles. The molecule has 0 N–H and O–H groups in total. The summed E-state index contributed by atoms with van der Waals surface area (Å²) in [6.07, 6.45) is 7.11. The number of allylic oxidation sites excluding steroid dienone is 1. The monoisotopic (exact) mass is 366 g/mol. The summed E-state index contributed by atoms with van der Waals surface area (Å²) < 4.78 is 18.9. The molecule has 5 heteroatoms. The Bertz CT molecular complexity index is 607. The Morgan fingerprint density at radius 3 is 2.52 bits per heavy atom. The fraction of sp³-hybridized carbons (Fsp3) is 0.850. The summed E-state index contributed by atoms with van der Waals surface area (Å²) in [6, 6.07) is 0. The van der Waals surface area contributed by atoms with E-state index in [1.165, 1.54) is 7.11 Å². The van der Waals surface area contributed by atoms with Gasteiger partial charge in [0.1, 0.15) is 0 Å². The standard InChI is InChI=1S/C20H34O4Si/c1-14-13-19(24-25(7,8)17(2,3)4)15-11-9-10-12-18(15,5)20(14,23-19)16(21)22-6/h9,11,14-15H,10,12-13H2,1-8H3/t14-,15-,18+,19-,20+/m1/s1. The lowest BCUT2D eigenvalue weighted by atomic mass is 9.53. The van der Waals surface area contributed by atoms with Crippen LogP contribution >= 0.6 is 0 Å². The third-order valence-corrected chi connectivity index (χ3v) is 12.0. The minimum Gasteiger partial charge on any atom is -0.467 e. The molecule has 0 unspecified atom stereocenters. The summed E-state index contributed by atoms with van der Waals surface area (Å²) in [6.45, 7) is 15.6. The van der Waals surface area contributed by atoms with Crippen LogP contribution in [-0.2, 0) is 18.7 Å². The zero-order valence-corrected chi connectivity index (χ0v) is 18.1. The molecule has 2 saturated heterocycles. The molecule has 0 saturated carbocycles. The first kappa shape index (κ1) is 19.1. The lowest BCUT2D eigenvalue weighted by Gasteiger charge is -2.51. The van der Waals surface area contributed by atoms with Crippen LogP contribution in [0.4, 0.5) is 0 Å². The first-order valence-electron chi connectivity index (χ1n) is 9.52. The van der Waals surface area contributed by atoms with Crippen molar-refractivity contribution in [1.82, 2.24) is 0 Å². The molecule has 0 spiro atoms. The first-order chi connectivity index (χ1) is 11.4. The van der Waals surface area contributed by atoms with Crippen LogP contribution in [0.15, 0.2) is 12.2 Å². The van der Waals surface area contributed by atoms with Crippen LogP contribution in [0.25, 0.3) is 0 Å². The number of methoxy groups -OCH3 is 1. The van der Waals surface area contributed by atoms with E-state index in [4.69, 9.17) is 13.9 Å².